The Morgan fingerprint density at radius 3 is 2.64 bits per heavy atom. The van der Waals surface area contributed by atoms with Crippen molar-refractivity contribution in [2.75, 3.05) is 6.61 Å². The zero-order valence-electron chi connectivity index (χ0n) is 13.5. The standard InChI is InChI=1S/C20H18Cl2N2O/c21-16-7-8-17-15(19(16)22)12-23-20(18-2-1-10-24(17)18)14-5-3-13(4-6-14)9-11-25/h1-8,10,20,23,25H,9,11-12H2. The summed E-state index contributed by atoms with van der Waals surface area (Å²) >= 11 is 12.7. The molecule has 4 rings (SSSR count). The largest absolute Gasteiger partial charge is 0.396 e. The van der Waals surface area contributed by atoms with Gasteiger partial charge in [-0.3, -0.25) is 0 Å². The third kappa shape index (κ3) is 2.98. The Morgan fingerprint density at radius 1 is 1.08 bits per heavy atom. The number of rotatable bonds is 3. The fraction of sp³-hybridized carbons (Fsp3) is 0.200. The number of hydrogen-bond donors (Lipinski definition) is 2. The van der Waals surface area contributed by atoms with Gasteiger partial charge in [0.2, 0.25) is 0 Å². The topological polar surface area (TPSA) is 37.2 Å². The summed E-state index contributed by atoms with van der Waals surface area (Å²) in [6, 6.07) is 16.5. The van der Waals surface area contributed by atoms with E-state index in [4.69, 9.17) is 28.3 Å². The normalized spacial score (nSPS) is 16.2. The third-order valence-electron chi connectivity index (χ3n) is 4.70. The van der Waals surface area contributed by atoms with Crippen LogP contribution in [0.5, 0.6) is 0 Å². The summed E-state index contributed by atoms with van der Waals surface area (Å²) in [5.74, 6) is 0. The van der Waals surface area contributed by atoms with Gasteiger partial charge in [0.05, 0.1) is 21.8 Å². The first-order chi connectivity index (χ1) is 12.2. The fourth-order valence-electron chi connectivity index (χ4n) is 3.43. The molecule has 1 aliphatic heterocycles. The van der Waals surface area contributed by atoms with Crippen LogP contribution in [0.2, 0.25) is 10.0 Å². The Bertz CT molecular complexity index is 903. The van der Waals surface area contributed by atoms with Crippen LogP contribution in [0.3, 0.4) is 0 Å². The summed E-state index contributed by atoms with van der Waals surface area (Å²) in [6.45, 7) is 0.803. The molecule has 0 saturated carbocycles. The summed E-state index contributed by atoms with van der Waals surface area (Å²) in [5, 5.41) is 13.9. The Kier molecular flexibility index (Phi) is 4.57. The molecule has 2 aromatic carbocycles. The van der Waals surface area contributed by atoms with E-state index in [9.17, 15) is 0 Å². The molecule has 1 unspecified atom stereocenters. The van der Waals surface area contributed by atoms with E-state index in [1.165, 1.54) is 5.56 Å². The zero-order valence-corrected chi connectivity index (χ0v) is 15.1. The smallest absolute Gasteiger partial charge is 0.0737 e. The molecule has 2 heterocycles. The van der Waals surface area contributed by atoms with Gasteiger partial charge in [0.1, 0.15) is 0 Å². The zero-order chi connectivity index (χ0) is 17.4. The number of benzene rings is 2. The lowest BCUT2D eigenvalue weighted by Gasteiger charge is -2.18. The quantitative estimate of drug-likeness (QED) is 0.709. The average molecular weight is 373 g/mol. The lowest BCUT2D eigenvalue weighted by atomic mass is 10.0. The Labute approximate surface area is 156 Å². The first kappa shape index (κ1) is 16.7. The van der Waals surface area contributed by atoms with Crippen LogP contribution >= 0.6 is 23.2 Å². The first-order valence-electron chi connectivity index (χ1n) is 8.26. The second kappa shape index (κ2) is 6.85. The van der Waals surface area contributed by atoms with Gasteiger partial charge in [0.15, 0.2) is 0 Å². The van der Waals surface area contributed by atoms with E-state index in [0.29, 0.717) is 23.0 Å². The Hall–Kier alpha value is -1.78. The SMILES string of the molecule is OCCc1ccc(C2NCc3c(ccc(Cl)c3Cl)-n3cccc32)cc1. The molecule has 0 radical (unpaired) electrons. The van der Waals surface area contributed by atoms with E-state index in [0.717, 1.165) is 22.5 Å². The Morgan fingerprint density at radius 2 is 1.88 bits per heavy atom. The molecular formula is C20H18Cl2N2O. The summed E-state index contributed by atoms with van der Waals surface area (Å²) < 4.78 is 2.17. The molecule has 0 fully saturated rings. The first-order valence-corrected chi connectivity index (χ1v) is 9.02. The van der Waals surface area contributed by atoms with Gasteiger partial charge in [-0.1, -0.05) is 47.5 Å². The molecule has 1 aromatic heterocycles. The number of hydrogen-bond acceptors (Lipinski definition) is 2. The van der Waals surface area contributed by atoms with Gasteiger partial charge in [-0.15, -0.1) is 0 Å². The number of halogens is 2. The predicted octanol–water partition coefficient (Wildman–Crippen LogP) is 4.51. The molecular weight excluding hydrogens is 355 g/mol. The van der Waals surface area contributed by atoms with Crippen LogP contribution in [-0.4, -0.2) is 16.3 Å². The predicted molar refractivity (Wildman–Crippen MR) is 102 cm³/mol. The summed E-state index contributed by atoms with van der Waals surface area (Å²) in [6.07, 6.45) is 2.73. The van der Waals surface area contributed by atoms with Crippen LogP contribution in [-0.2, 0) is 13.0 Å². The lowest BCUT2D eigenvalue weighted by Crippen LogP contribution is -2.21. The van der Waals surface area contributed by atoms with Crippen molar-refractivity contribution in [2.45, 2.75) is 19.0 Å². The number of aromatic nitrogens is 1. The number of nitrogens with zero attached hydrogens (tertiary/aromatic N) is 1. The second-order valence-electron chi connectivity index (χ2n) is 6.19. The van der Waals surface area contributed by atoms with Gasteiger partial charge in [-0.25, -0.2) is 0 Å². The highest BCUT2D eigenvalue weighted by atomic mass is 35.5. The monoisotopic (exact) mass is 372 g/mol. The molecule has 0 spiro atoms. The molecule has 1 atom stereocenters. The highest BCUT2D eigenvalue weighted by Crippen LogP contribution is 2.36. The van der Waals surface area contributed by atoms with Gasteiger partial charge in [0.25, 0.3) is 0 Å². The maximum atomic E-state index is 9.09. The molecule has 3 aromatic rings. The minimum atomic E-state index is 0.0559. The molecule has 0 saturated heterocycles. The Balaban J connectivity index is 1.77. The van der Waals surface area contributed by atoms with E-state index >= 15 is 0 Å². The van der Waals surface area contributed by atoms with Crippen molar-refractivity contribution in [3.8, 4) is 5.69 Å². The molecule has 128 valence electrons. The van der Waals surface area contributed by atoms with Crippen molar-refractivity contribution in [3.63, 3.8) is 0 Å². The molecule has 1 aliphatic rings. The minimum Gasteiger partial charge on any atom is -0.396 e. The van der Waals surface area contributed by atoms with Gasteiger partial charge >= 0.3 is 0 Å². The lowest BCUT2D eigenvalue weighted by molar-refractivity contribution is 0.299. The fourth-order valence-corrected chi connectivity index (χ4v) is 3.83. The molecule has 25 heavy (non-hydrogen) atoms. The maximum absolute atomic E-state index is 9.09. The van der Waals surface area contributed by atoms with E-state index in [-0.39, 0.29) is 12.6 Å². The number of aliphatic hydroxyl groups excluding tert-OH is 1. The molecule has 3 nitrogen and oxygen atoms in total. The van der Waals surface area contributed by atoms with Gasteiger partial charge in [0, 0.05) is 30.6 Å². The van der Waals surface area contributed by atoms with E-state index < -0.39 is 0 Å². The summed E-state index contributed by atoms with van der Waals surface area (Å²) in [7, 11) is 0. The summed E-state index contributed by atoms with van der Waals surface area (Å²) in [4.78, 5) is 0. The van der Waals surface area contributed by atoms with Gasteiger partial charge < -0.3 is 15.0 Å². The number of fused-ring (bicyclic) bond motifs is 3. The second-order valence-corrected chi connectivity index (χ2v) is 6.98. The van der Waals surface area contributed by atoms with Gasteiger partial charge in [-0.2, -0.15) is 0 Å². The average Bonchev–Trinajstić information content (AvgIpc) is 3.04. The van der Waals surface area contributed by atoms with E-state index in [1.54, 1.807) is 0 Å². The van der Waals surface area contributed by atoms with Crippen LogP contribution in [0.1, 0.15) is 28.4 Å². The van der Waals surface area contributed by atoms with Crippen molar-refractivity contribution in [2.24, 2.45) is 0 Å². The maximum Gasteiger partial charge on any atom is 0.0737 e. The highest BCUT2D eigenvalue weighted by Gasteiger charge is 2.24. The van der Waals surface area contributed by atoms with E-state index in [2.05, 4.69) is 46.4 Å². The van der Waals surface area contributed by atoms with Crippen molar-refractivity contribution in [3.05, 3.63) is 87.2 Å². The molecule has 0 aliphatic carbocycles. The molecule has 0 bridgehead atoms. The molecule has 0 amide bonds. The highest BCUT2D eigenvalue weighted by molar-refractivity contribution is 6.42. The van der Waals surface area contributed by atoms with E-state index in [1.807, 2.05) is 18.2 Å². The molecule has 2 N–H and O–H groups in total. The van der Waals surface area contributed by atoms with Crippen LogP contribution in [0.25, 0.3) is 5.69 Å². The van der Waals surface area contributed by atoms with Gasteiger partial charge in [-0.05, 0) is 41.8 Å². The molecule has 5 heteroatoms. The van der Waals surface area contributed by atoms with Crippen LogP contribution in [0, 0.1) is 0 Å². The third-order valence-corrected chi connectivity index (χ3v) is 5.55. The van der Waals surface area contributed by atoms with Crippen molar-refractivity contribution in [1.82, 2.24) is 9.88 Å². The van der Waals surface area contributed by atoms with Crippen LogP contribution < -0.4 is 5.32 Å². The van der Waals surface area contributed by atoms with Crippen LogP contribution in [0.15, 0.2) is 54.7 Å². The van der Waals surface area contributed by atoms with Crippen LogP contribution in [0.4, 0.5) is 0 Å². The van der Waals surface area contributed by atoms with Crippen molar-refractivity contribution in [1.29, 1.82) is 0 Å². The van der Waals surface area contributed by atoms with Crippen molar-refractivity contribution >= 4 is 23.2 Å². The summed E-state index contributed by atoms with van der Waals surface area (Å²) in [5.41, 5.74) is 5.53. The minimum absolute atomic E-state index is 0.0559. The number of aliphatic hydroxyl groups is 1. The van der Waals surface area contributed by atoms with Crippen molar-refractivity contribution < 1.29 is 5.11 Å². The number of nitrogens with one attached hydrogen (secondary N) is 1.